The molecule has 0 unspecified atom stereocenters. The second-order valence-corrected chi connectivity index (χ2v) is 5.34. The van der Waals surface area contributed by atoms with Gasteiger partial charge in [-0.3, -0.25) is 4.79 Å². The number of rotatable bonds is 3. The zero-order valence-corrected chi connectivity index (χ0v) is 10.6. The Morgan fingerprint density at radius 3 is 2.94 bits per heavy atom. The van der Waals surface area contributed by atoms with Crippen LogP contribution in [0.25, 0.3) is 0 Å². The van der Waals surface area contributed by atoms with Gasteiger partial charge in [0.15, 0.2) is 0 Å². The topological polar surface area (TPSA) is 52.6 Å². The van der Waals surface area contributed by atoms with Gasteiger partial charge in [-0.1, -0.05) is 6.07 Å². The first-order valence-corrected chi connectivity index (χ1v) is 6.41. The first kappa shape index (κ1) is 11.5. The Morgan fingerprint density at radius 1 is 1.50 bits per heavy atom. The summed E-state index contributed by atoms with van der Waals surface area (Å²) in [6, 6.07) is 5.93. The van der Waals surface area contributed by atoms with E-state index in [2.05, 4.69) is 11.4 Å². The maximum absolute atomic E-state index is 12.1. The second-order valence-electron chi connectivity index (χ2n) is 5.34. The summed E-state index contributed by atoms with van der Waals surface area (Å²) in [6.45, 7) is 1.37. The standard InChI is InChI=1S/C14H18N2O2/c1-16(6-7-17)13(18)10-2-3-11-12(8-10)15-9-14(11)4-5-14/h2-3,8,15,17H,4-7,9H2,1H3. The largest absolute Gasteiger partial charge is 0.395 e. The van der Waals surface area contributed by atoms with Crippen molar-refractivity contribution in [2.45, 2.75) is 18.3 Å². The molecule has 1 heterocycles. The van der Waals surface area contributed by atoms with Gasteiger partial charge in [-0.2, -0.15) is 0 Å². The number of nitrogens with zero attached hydrogens (tertiary/aromatic N) is 1. The lowest BCUT2D eigenvalue weighted by Gasteiger charge is -2.16. The minimum Gasteiger partial charge on any atom is -0.395 e. The number of hydrogen-bond acceptors (Lipinski definition) is 3. The number of nitrogens with one attached hydrogen (secondary N) is 1. The molecule has 1 saturated carbocycles. The SMILES string of the molecule is CN(CCO)C(=O)c1ccc2c(c1)NCC21CC1. The van der Waals surface area contributed by atoms with Crippen LogP contribution in [0.4, 0.5) is 5.69 Å². The molecule has 1 spiro atoms. The van der Waals surface area contributed by atoms with E-state index in [9.17, 15) is 4.79 Å². The van der Waals surface area contributed by atoms with Crippen LogP contribution in [0.5, 0.6) is 0 Å². The minimum absolute atomic E-state index is 0.00541. The zero-order chi connectivity index (χ0) is 12.8. The summed E-state index contributed by atoms with van der Waals surface area (Å²) in [5, 5.41) is 12.3. The summed E-state index contributed by atoms with van der Waals surface area (Å²) in [4.78, 5) is 13.6. The zero-order valence-electron chi connectivity index (χ0n) is 10.6. The molecule has 0 aromatic heterocycles. The summed E-state index contributed by atoms with van der Waals surface area (Å²) in [7, 11) is 1.71. The molecule has 18 heavy (non-hydrogen) atoms. The number of carbonyl (C=O) groups is 1. The lowest BCUT2D eigenvalue weighted by molar-refractivity contribution is 0.0767. The van der Waals surface area contributed by atoms with Crippen LogP contribution >= 0.6 is 0 Å². The number of amides is 1. The molecule has 0 atom stereocenters. The van der Waals surface area contributed by atoms with Crippen LogP contribution in [0.1, 0.15) is 28.8 Å². The molecule has 0 radical (unpaired) electrons. The van der Waals surface area contributed by atoms with E-state index in [1.54, 1.807) is 11.9 Å². The van der Waals surface area contributed by atoms with Crippen molar-refractivity contribution in [3.8, 4) is 0 Å². The Hall–Kier alpha value is -1.55. The Balaban J connectivity index is 1.85. The van der Waals surface area contributed by atoms with Crippen molar-refractivity contribution in [3.63, 3.8) is 0 Å². The highest BCUT2D eigenvalue weighted by molar-refractivity contribution is 5.95. The maximum atomic E-state index is 12.1. The smallest absolute Gasteiger partial charge is 0.253 e. The third kappa shape index (κ3) is 1.68. The molecule has 2 aliphatic rings. The van der Waals surface area contributed by atoms with Gasteiger partial charge in [0.05, 0.1) is 6.61 Å². The third-order valence-corrected chi connectivity index (χ3v) is 4.09. The number of aliphatic hydroxyl groups is 1. The second kappa shape index (κ2) is 3.99. The van der Waals surface area contributed by atoms with E-state index in [0.717, 1.165) is 12.2 Å². The lowest BCUT2D eigenvalue weighted by Crippen LogP contribution is -2.29. The Labute approximate surface area is 107 Å². The van der Waals surface area contributed by atoms with Crippen molar-refractivity contribution in [1.82, 2.24) is 4.90 Å². The predicted molar refractivity (Wildman–Crippen MR) is 69.9 cm³/mol. The van der Waals surface area contributed by atoms with Gasteiger partial charge >= 0.3 is 0 Å². The summed E-state index contributed by atoms with van der Waals surface area (Å²) < 4.78 is 0. The molecule has 1 aliphatic carbocycles. The van der Waals surface area contributed by atoms with Crippen LogP contribution in [0, 0.1) is 0 Å². The molecule has 96 valence electrons. The van der Waals surface area contributed by atoms with E-state index in [1.807, 2.05) is 12.1 Å². The van der Waals surface area contributed by atoms with Crippen LogP contribution in [0.2, 0.25) is 0 Å². The monoisotopic (exact) mass is 246 g/mol. The van der Waals surface area contributed by atoms with Gasteiger partial charge in [0, 0.05) is 36.8 Å². The summed E-state index contributed by atoms with van der Waals surface area (Å²) in [5.74, 6) is -0.0367. The van der Waals surface area contributed by atoms with E-state index in [1.165, 1.54) is 18.4 Å². The van der Waals surface area contributed by atoms with Crippen LogP contribution in [-0.4, -0.2) is 42.7 Å². The number of carbonyl (C=O) groups excluding carboxylic acids is 1. The molecule has 4 nitrogen and oxygen atoms in total. The van der Waals surface area contributed by atoms with Gasteiger partial charge in [-0.25, -0.2) is 0 Å². The van der Waals surface area contributed by atoms with Gasteiger partial charge in [0.1, 0.15) is 0 Å². The molecule has 1 aliphatic heterocycles. The molecule has 1 amide bonds. The molecule has 3 rings (SSSR count). The molecular weight excluding hydrogens is 228 g/mol. The van der Waals surface area contributed by atoms with Crippen molar-refractivity contribution >= 4 is 11.6 Å². The van der Waals surface area contributed by atoms with E-state index < -0.39 is 0 Å². The Morgan fingerprint density at radius 2 is 2.28 bits per heavy atom. The van der Waals surface area contributed by atoms with Gasteiger partial charge in [0.25, 0.3) is 5.91 Å². The first-order chi connectivity index (χ1) is 8.66. The lowest BCUT2D eigenvalue weighted by atomic mass is 9.97. The highest BCUT2D eigenvalue weighted by Crippen LogP contribution is 2.54. The summed E-state index contributed by atoms with van der Waals surface area (Å²) in [5.41, 5.74) is 3.53. The fourth-order valence-electron chi connectivity index (χ4n) is 2.71. The molecule has 4 heteroatoms. The number of hydrogen-bond donors (Lipinski definition) is 2. The van der Waals surface area contributed by atoms with Gasteiger partial charge in [-0.05, 0) is 30.5 Å². The molecule has 0 bridgehead atoms. The molecule has 1 aromatic carbocycles. The van der Waals surface area contributed by atoms with Crippen molar-refractivity contribution < 1.29 is 9.90 Å². The van der Waals surface area contributed by atoms with E-state index in [0.29, 0.717) is 17.5 Å². The van der Waals surface area contributed by atoms with E-state index in [-0.39, 0.29) is 12.5 Å². The average Bonchev–Trinajstić information content (AvgIpc) is 3.07. The number of benzene rings is 1. The Bertz CT molecular complexity index is 495. The van der Waals surface area contributed by atoms with Crippen molar-refractivity contribution in [2.75, 3.05) is 32.1 Å². The minimum atomic E-state index is -0.0367. The Kier molecular flexibility index (Phi) is 2.55. The summed E-state index contributed by atoms with van der Waals surface area (Å²) >= 11 is 0. The molecule has 1 aromatic rings. The van der Waals surface area contributed by atoms with Crippen molar-refractivity contribution in [1.29, 1.82) is 0 Å². The fraction of sp³-hybridized carbons (Fsp3) is 0.500. The highest BCUT2D eigenvalue weighted by atomic mass is 16.3. The van der Waals surface area contributed by atoms with Crippen LogP contribution in [0.15, 0.2) is 18.2 Å². The number of aliphatic hydroxyl groups excluding tert-OH is 1. The predicted octanol–water partition coefficient (Wildman–Crippen LogP) is 1.21. The van der Waals surface area contributed by atoms with Crippen LogP contribution in [0.3, 0.4) is 0 Å². The van der Waals surface area contributed by atoms with Gasteiger partial charge in [0.2, 0.25) is 0 Å². The number of fused-ring (bicyclic) bond motifs is 2. The van der Waals surface area contributed by atoms with Crippen LogP contribution in [-0.2, 0) is 5.41 Å². The first-order valence-electron chi connectivity index (χ1n) is 6.41. The van der Waals surface area contributed by atoms with Crippen molar-refractivity contribution in [2.24, 2.45) is 0 Å². The number of likely N-dealkylation sites (N-methyl/N-ethyl adjacent to an activating group) is 1. The quantitative estimate of drug-likeness (QED) is 0.843. The van der Waals surface area contributed by atoms with E-state index >= 15 is 0 Å². The maximum Gasteiger partial charge on any atom is 0.253 e. The van der Waals surface area contributed by atoms with Crippen molar-refractivity contribution in [3.05, 3.63) is 29.3 Å². The highest BCUT2D eigenvalue weighted by Gasteiger charge is 2.48. The fourth-order valence-corrected chi connectivity index (χ4v) is 2.71. The van der Waals surface area contributed by atoms with Crippen LogP contribution < -0.4 is 5.32 Å². The van der Waals surface area contributed by atoms with Gasteiger partial charge in [-0.15, -0.1) is 0 Å². The summed E-state index contributed by atoms with van der Waals surface area (Å²) in [6.07, 6.45) is 2.51. The molecule has 0 saturated heterocycles. The molecular formula is C14H18N2O2. The average molecular weight is 246 g/mol. The molecule has 2 N–H and O–H groups in total. The number of anilines is 1. The van der Waals surface area contributed by atoms with E-state index in [4.69, 9.17) is 5.11 Å². The molecule has 1 fully saturated rings. The van der Waals surface area contributed by atoms with Gasteiger partial charge < -0.3 is 15.3 Å². The third-order valence-electron chi connectivity index (χ3n) is 4.09. The normalized spacial score (nSPS) is 18.3.